The molecule has 0 aliphatic rings. The van der Waals surface area contributed by atoms with Crippen LogP contribution in [0.5, 0.6) is 0 Å². The monoisotopic (exact) mass is 405 g/mol. The Labute approximate surface area is 137 Å². The van der Waals surface area contributed by atoms with Crippen LogP contribution in [0.2, 0.25) is 5.02 Å². The molecular weight excluding hydrogens is 389 g/mol. The van der Waals surface area contributed by atoms with Gasteiger partial charge in [0.15, 0.2) is 0 Å². The molecule has 0 spiro atoms. The summed E-state index contributed by atoms with van der Waals surface area (Å²) < 4.78 is 2.94. The van der Waals surface area contributed by atoms with Gasteiger partial charge < -0.3 is 0 Å². The van der Waals surface area contributed by atoms with Crippen LogP contribution in [0.1, 0.15) is 30.8 Å². The first-order chi connectivity index (χ1) is 9.65. The average molecular weight is 406 g/mol. The minimum absolute atomic E-state index is 0.0377. The number of hydrogen-bond donors (Lipinski definition) is 2. The lowest BCUT2D eigenvalue weighted by Crippen LogP contribution is -2.30. The van der Waals surface area contributed by atoms with Crippen LogP contribution < -0.4 is 11.3 Å². The summed E-state index contributed by atoms with van der Waals surface area (Å²) in [5, 5.41) is 4.96. The zero-order valence-electron chi connectivity index (χ0n) is 11.2. The molecule has 0 fully saturated rings. The first kappa shape index (κ1) is 15.7. The fourth-order valence-electron chi connectivity index (χ4n) is 2.03. The lowest BCUT2D eigenvalue weighted by molar-refractivity contribution is 0.499. The molecule has 108 valence electrons. The van der Waals surface area contributed by atoms with E-state index in [9.17, 15) is 0 Å². The number of hydrazine groups is 1. The van der Waals surface area contributed by atoms with E-state index in [2.05, 4.69) is 45.0 Å². The van der Waals surface area contributed by atoms with Crippen LogP contribution in [0, 0.1) is 3.57 Å². The summed E-state index contributed by atoms with van der Waals surface area (Å²) in [6, 6.07) is 5.91. The Hall–Kier alpha value is -0.700. The molecule has 1 unspecified atom stereocenters. The van der Waals surface area contributed by atoms with E-state index in [-0.39, 0.29) is 6.04 Å². The van der Waals surface area contributed by atoms with Gasteiger partial charge in [-0.05, 0) is 46.7 Å². The van der Waals surface area contributed by atoms with Crippen LogP contribution in [0.4, 0.5) is 0 Å². The fourth-order valence-corrected chi connectivity index (χ4v) is 2.55. The second-order valence-electron chi connectivity index (χ2n) is 4.50. The van der Waals surface area contributed by atoms with Crippen LogP contribution in [0.3, 0.4) is 0 Å². The molecule has 0 saturated carbocycles. The van der Waals surface area contributed by atoms with E-state index in [1.165, 1.54) is 0 Å². The normalized spacial score (nSPS) is 12.6. The van der Waals surface area contributed by atoms with Crippen molar-refractivity contribution in [3.8, 4) is 0 Å². The van der Waals surface area contributed by atoms with Gasteiger partial charge in [-0.2, -0.15) is 5.10 Å². The van der Waals surface area contributed by atoms with Gasteiger partial charge in [0, 0.05) is 16.5 Å². The number of nitrogens with two attached hydrogens (primary N) is 1. The second kappa shape index (κ2) is 7.35. The number of halogens is 2. The third-order valence-electron chi connectivity index (χ3n) is 3.07. The number of aryl methyl sites for hydroxylation is 1. The number of rotatable bonds is 6. The van der Waals surface area contributed by atoms with Crippen molar-refractivity contribution in [1.29, 1.82) is 0 Å². The average Bonchev–Trinajstić information content (AvgIpc) is 2.87. The Morgan fingerprint density at radius 1 is 1.50 bits per heavy atom. The number of hydrogen-bond acceptors (Lipinski definition) is 4. The molecule has 0 saturated heterocycles. The Kier molecular flexibility index (Phi) is 5.76. The first-order valence-electron chi connectivity index (χ1n) is 6.43. The summed E-state index contributed by atoms with van der Waals surface area (Å²) in [4.78, 5) is 4.31. The standard InChI is InChI=1S/C13H17ClIN5/c1-2-5-20-13(17-8-18-20)7-12(19-16)9-3-4-11(15)10(14)6-9/h3-4,6,8,12,19H,2,5,7,16H2,1H3. The SMILES string of the molecule is CCCn1ncnc1CC(NN)c1ccc(I)c(Cl)c1. The van der Waals surface area contributed by atoms with Crippen LogP contribution in [0.15, 0.2) is 24.5 Å². The second-order valence-corrected chi connectivity index (χ2v) is 6.07. The van der Waals surface area contributed by atoms with E-state index in [0.717, 1.165) is 32.9 Å². The quantitative estimate of drug-likeness (QED) is 0.440. The Morgan fingerprint density at radius 2 is 2.30 bits per heavy atom. The largest absolute Gasteiger partial charge is 0.271 e. The summed E-state index contributed by atoms with van der Waals surface area (Å²) in [6.45, 7) is 2.98. The van der Waals surface area contributed by atoms with Crippen molar-refractivity contribution < 1.29 is 0 Å². The summed E-state index contributed by atoms with van der Waals surface area (Å²) in [5.74, 6) is 6.60. The molecule has 2 aromatic rings. The highest BCUT2D eigenvalue weighted by molar-refractivity contribution is 14.1. The highest BCUT2D eigenvalue weighted by atomic mass is 127. The van der Waals surface area contributed by atoms with Gasteiger partial charge in [0.2, 0.25) is 0 Å². The van der Waals surface area contributed by atoms with E-state index in [4.69, 9.17) is 17.4 Å². The highest BCUT2D eigenvalue weighted by Crippen LogP contribution is 2.24. The maximum atomic E-state index is 6.17. The predicted molar refractivity (Wildman–Crippen MR) is 88.3 cm³/mol. The Bertz CT molecular complexity index is 572. The van der Waals surface area contributed by atoms with E-state index < -0.39 is 0 Å². The van der Waals surface area contributed by atoms with E-state index in [1.54, 1.807) is 6.33 Å². The molecule has 1 aromatic heterocycles. The molecule has 0 amide bonds. The van der Waals surface area contributed by atoms with E-state index >= 15 is 0 Å². The summed E-state index contributed by atoms with van der Waals surface area (Å²) in [6.07, 6.45) is 3.28. The van der Waals surface area contributed by atoms with Crippen molar-refractivity contribution in [1.82, 2.24) is 20.2 Å². The van der Waals surface area contributed by atoms with Gasteiger partial charge in [0.25, 0.3) is 0 Å². The fraction of sp³-hybridized carbons (Fsp3) is 0.385. The van der Waals surface area contributed by atoms with Crippen LogP contribution >= 0.6 is 34.2 Å². The van der Waals surface area contributed by atoms with Gasteiger partial charge in [-0.15, -0.1) is 0 Å². The van der Waals surface area contributed by atoms with Gasteiger partial charge in [0.05, 0.1) is 11.1 Å². The maximum Gasteiger partial charge on any atom is 0.138 e. The zero-order valence-corrected chi connectivity index (χ0v) is 14.1. The molecule has 0 radical (unpaired) electrons. The molecule has 0 aliphatic carbocycles. The lowest BCUT2D eigenvalue weighted by Gasteiger charge is -2.17. The molecule has 1 heterocycles. The molecule has 0 aliphatic heterocycles. The maximum absolute atomic E-state index is 6.17. The van der Waals surface area contributed by atoms with Gasteiger partial charge >= 0.3 is 0 Å². The predicted octanol–water partition coefficient (Wildman–Crippen LogP) is 2.69. The molecule has 1 atom stereocenters. The number of nitrogens with one attached hydrogen (secondary N) is 1. The highest BCUT2D eigenvalue weighted by Gasteiger charge is 2.15. The van der Waals surface area contributed by atoms with Gasteiger partial charge in [-0.1, -0.05) is 24.6 Å². The Balaban J connectivity index is 2.19. The number of nitrogens with zero attached hydrogens (tertiary/aromatic N) is 3. The Morgan fingerprint density at radius 3 is 2.95 bits per heavy atom. The van der Waals surface area contributed by atoms with Crippen molar-refractivity contribution in [3.63, 3.8) is 0 Å². The van der Waals surface area contributed by atoms with E-state index in [1.807, 2.05) is 22.9 Å². The van der Waals surface area contributed by atoms with Crippen LogP contribution in [-0.2, 0) is 13.0 Å². The molecular formula is C13H17ClIN5. The lowest BCUT2D eigenvalue weighted by atomic mass is 10.0. The van der Waals surface area contributed by atoms with Crippen LogP contribution in [0.25, 0.3) is 0 Å². The van der Waals surface area contributed by atoms with Crippen molar-refractivity contribution in [3.05, 3.63) is 44.5 Å². The summed E-state index contributed by atoms with van der Waals surface area (Å²) in [5.41, 5.74) is 3.88. The number of aromatic nitrogens is 3. The molecule has 20 heavy (non-hydrogen) atoms. The van der Waals surface area contributed by atoms with Crippen molar-refractivity contribution in [2.75, 3.05) is 0 Å². The zero-order chi connectivity index (χ0) is 14.5. The van der Waals surface area contributed by atoms with Crippen molar-refractivity contribution in [2.24, 2.45) is 5.84 Å². The molecule has 5 nitrogen and oxygen atoms in total. The summed E-state index contributed by atoms with van der Waals surface area (Å²) >= 11 is 8.37. The van der Waals surface area contributed by atoms with Crippen LogP contribution in [-0.4, -0.2) is 14.8 Å². The molecule has 0 bridgehead atoms. The molecule has 1 aromatic carbocycles. The third kappa shape index (κ3) is 3.69. The minimum atomic E-state index is -0.0377. The summed E-state index contributed by atoms with van der Waals surface area (Å²) in [7, 11) is 0. The van der Waals surface area contributed by atoms with E-state index in [0.29, 0.717) is 6.42 Å². The van der Waals surface area contributed by atoms with Crippen molar-refractivity contribution >= 4 is 34.2 Å². The first-order valence-corrected chi connectivity index (χ1v) is 7.89. The van der Waals surface area contributed by atoms with Gasteiger partial charge in [-0.25, -0.2) is 4.98 Å². The minimum Gasteiger partial charge on any atom is -0.271 e. The van der Waals surface area contributed by atoms with Gasteiger partial charge in [-0.3, -0.25) is 16.0 Å². The third-order valence-corrected chi connectivity index (χ3v) is 4.64. The molecule has 2 rings (SSSR count). The molecule has 7 heteroatoms. The topological polar surface area (TPSA) is 68.8 Å². The molecule has 3 N–H and O–H groups in total. The van der Waals surface area contributed by atoms with Gasteiger partial charge in [0.1, 0.15) is 12.2 Å². The number of benzene rings is 1. The van der Waals surface area contributed by atoms with Crippen molar-refractivity contribution in [2.45, 2.75) is 32.4 Å². The smallest absolute Gasteiger partial charge is 0.138 e.